The van der Waals surface area contributed by atoms with Gasteiger partial charge in [0.1, 0.15) is 5.69 Å². The predicted octanol–water partition coefficient (Wildman–Crippen LogP) is 2.77. The molecule has 136 valence electrons. The molecule has 1 aliphatic rings. The molecule has 4 heterocycles. The molecule has 0 aromatic carbocycles. The van der Waals surface area contributed by atoms with Gasteiger partial charge in [-0.15, -0.1) is 0 Å². The highest BCUT2D eigenvalue weighted by atomic mass is 16.2. The molecule has 0 radical (unpaired) electrons. The molecule has 1 amide bonds. The lowest BCUT2D eigenvalue weighted by atomic mass is 10.2. The van der Waals surface area contributed by atoms with Crippen LogP contribution in [0.3, 0.4) is 0 Å². The highest BCUT2D eigenvalue weighted by Crippen LogP contribution is 2.27. The van der Waals surface area contributed by atoms with Gasteiger partial charge in [-0.2, -0.15) is 0 Å². The summed E-state index contributed by atoms with van der Waals surface area (Å²) in [6.07, 6.45) is 5.90. The quantitative estimate of drug-likeness (QED) is 0.729. The monoisotopic (exact) mass is 351 g/mol. The second-order valence-corrected chi connectivity index (χ2v) is 7.29. The third kappa shape index (κ3) is 2.90. The Hall–Kier alpha value is -2.60. The number of piperazine rings is 1. The van der Waals surface area contributed by atoms with Crippen LogP contribution in [0.5, 0.6) is 0 Å². The fraction of sp³-hybridized carbons (Fsp3) is 0.400. The van der Waals surface area contributed by atoms with Crippen molar-refractivity contribution in [3.63, 3.8) is 0 Å². The van der Waals surface area contributed by atoms with Gasteiger partial charge in [-0.05, 0) is 39.1 Å². The van der Waals surface area contributed by atoms with E-state index in [1.807, 2.05) is 47.9 Å². The lowest BCUT2D eigenvalue weighted by molar-refractivity contribution is 0.0666. The normalized spacial score (nSPS) is 15.9. The van der Waals surface area contributed by atoms with Crippen molar-refractivity contribution in [3.05, 3.63) is 48.5 Å². The fourth-order valence-corrected chi connectivity index (χ4v) is 3.45. The minimum Gasteiger partial charge on any atom is -0.336 e. The van der Waals surface area contributed by atoms with E-state index in [2.05, 4.69) is 39.7 Å². The largest absolute Gasteiger partial charge is 0.336 e. The summed E-state index contributed by atoms with van der Waals surface area (Å²) in [7, 11) is 2.10. The van der Waals surface area contributed by atoms with Crippen molar-refractivity contribution in [3.8, 4) is 11.4 Å². The molecule has 3 aromatic rings. The van der Waals surface area contributed by atoms with Crippen molar-refractivity contribution in [2.24, 2.45) is 0 Å². The number of pyridine rings is 1. The SMILES string of the molecule is CC(C)n1cnc(-c2cc(C(=O)N3CCN(C)CC3)c3ccccn23)c1. The van der Waals surface area contributed by atoms with Crippen molar-refractivity contribution in [1.29, 1.82) is 0 Å². The molecule has 3 aromatic heterocycles. The third-order valence-corrected chi connectivity index (χ3v) is 5.16. The third-order valence-electron chi connectivity index (χ3n) is 5.16. The molecule has 0 N–H and O–H groups in total. The van der Waals surface area contributed by atoms with Crippen LogP contribution in [0.25, 0.3) is 16.9 Å². The summed E-state index contributed by atoms with van der Waals surface area (Å²) < 4.78 is 4.15. The zero-order valence-corrected chi connectivity index (χ0v) is 15.6. The van der Waals surface area contributed by atoms with Crippen LogP contribution in [-0.2, 0) is 0 Å². The van der Waals surface area contributed by atoms with Crippen LogP contribution in [0.2, 0.25) is 0 Å². The van der Waals surface area contributed by atoms with E-state index in [1.54, 1.807) is 0 Å². The maximum atomic E-state index is 13.1. The van der Waals surface area contributed by atoms with Gasteiger partial charge >= 0.3 is 0 Å². The number of nitrogens with zero attached hydrogens (tertiary/aromatic N) is 5. The Kier molecular flexibility index (Phi) is 4.28. The Labute approximate surface area is 153 Å². The summed E-state index contributed by atoms with van der Waals surface area (Å²) in [4.78, 5) is 21.9. The number of hydrogen-bond donors (Lipinski definition) is 0. The van der Waals surface area contributed by atoms with E-state index in [-0.39, 0.29) is 5.91 Å². The molecule has 0 aliphatic carbocycles. The van der Waals surface area contributed by atoms with E-state index in [0.717, 1.165) is 48.6 Å². The topological polar surface area (TPSA) is 45.8 Å². The Balaban J connectivity index is 1.75. The van der Waals surface area contributed by atoms with E-state index in [9.17, 15) is 4.79 Å². The van der Waals surface area contributed by atoms with Crippen molar-refractivity contribution < 1.29 is 4.79 Å². The van der Waals surface area contributed by atoms with Crippen LogP contribution in [0, 0.1) is 0 Å². The Morgan fingerprint density at radius 3 is 2.62 bits per heavy atom. The summed E-state index contributed by atoms with van der Waals surface area (Å²) >= 11 is 0. The molecule has 6 nitrogen and oxygen atoms in total. The number of imidazole rings is 1. The Morgan fingerprint density at radius 2 is 1.92 bits per heavy atom. The van der Waals surface area contributed by atoms with Crippen LogP contribution < -0.4 is 0 Å². The van der Waals surface area contributed by atoms with Gasteiger partial charge in [-0.3, -0.25) is 4.79 Å². The molecule has 1 fully saturated rings. The molecule has 1 aliphatic heterocycles. The summed E-state index contributed by atoms with van der Waals surface area (Å²) in [6, 6.07) is 8.32. The lowest BCUT2D eigenvalue weighted by Gasteiger charge is -2.32. The number of carbonyl (C=O) groups excluding carboxylic acids is 1. The minimum absolute atomic E-state index is 0.108. The van der Waals surface area contributed by atoms with Crippen molar-refractivity contribution in [2.75, 3.05) is 33.2 Å². The lowest BCUT2D eigenvalue weighted by Crippen LogP contribution is -2.47. The van der Waals surface area contributed by atoms with Gasteiger partial charge < -0.3 is 18.8 Å². The smallest absolute Gasteiger partial charge is 0.256 e. The van der Waals surface area contributed by atoms with Gasteiger partial charge in [0.25, 0.3) is 5.91 Å². The van der Waals surface area contributed by atoms with E-state index in [0.29, 0.717) is 6.04 Å². The molecule has 0 bridgehead atoms. The van der Waals surface area contributed by atoms with E-state index in [1.165, 1.54) is 0 Å². The zero-order valence-electron chi connectivity index (χ0n) is 15.6. The molecule has 0 unspecified atom stereocenters. The highest BCUT2D eigenvalue weighted by molar-refractivity contribution is 6.02. The van der Waals surface area contributed by atoms with Crippen molar-refractivity contribution >= 4 is 11.4 Å². The molecular weight excluding hydrogens is 326 g/mol. The van der Waals surface area contributed by atoms with Gasteiger partial charge in [0, 0.05) is 44.6 Å². The number of carbonyl (C=O) groups is 1. The number of fused-ring (bicyclic) bond motifs is 1. The maximum absolute atomic E-state index is 13.1. The molecule has 6 heteroatoms. The summed E-state index contributed by atoms with van der Waals surface area (Å²) in [5, 5.41) is 0. The number of aromatic nitrogens is 3. The minimum atomic E-state index is 0.108. The Bertz CT molecular complexity index is 931. The average molecular weight is 351 g/mol. The molecule has 4 rings (SSSR count). The Morgan fingerprint density at radius 1 is 1.15 bits per heavy atom. The van der Waals surface area contributed by atoms with E-state index >= 15 is 0 Å². The van der Waals surface area contributed by atoms with Gasteiger partial charge in [-0.1, -0.05) is 6.07 Å². The van der Waals surface area contributed by atoms with Crippen molar-refractivity contribution in [2.45, 2.75) is 19.9 Å². The van der Waals surface area contributed by atoms with E-state index < -0.39 is 0 Å². The van der Waals surface area contributed by atoms with Gasteiger partial charge in [0.2, 0.25) is 0 Å². The second kappa shape index (κ2) is 6.61. The van der Waals surface area contributed by atoms with Crippen LogP contribution in [-0.4, -0.2) is 62.9 Å². The first-order valence-corrected chi connectivity index (χ1v) is 9.16. The number of hydrogen-bond acceptors (Lipinski definition) is 3. The average Bonchev–Trinajstić information content (AvgIpc) is 3.27. The van der Waals surface area contributed by atoms with Crippen LogP contribution >= 0.6 is 0 Å². The fourth-order valence-electron chi connectivity index (χ4n) is 3.45. The molecule has 0 spiro atoms. The molecule has 0 atom stereocenters. The standard InChI is InChI=1S/C20H25N5O/c1-15(2)24-13-17(21-14-24)19-12-16(18-6-4-5-7-25(18)19)20(26)23-10-8-22(3)9-11-23/h4-7,12-15H,8-11H2,1-3H3. The first kappa shape index (κ1) is 16.8. The van der Waals surface area contributed by atoms with Gasteiger partial charge in [-0.25, -0.2) is 4.98 Å². The molecular formula is C20H25N5O. The summed E-state index contributed by atoms with van der Waals surface area (Å²) in [5.41, 5.74) is 3.53. The molecule has 26 heavy (non-hydrogen) atoms. The molecule has 0 saturated carbocycles. The summed E-state index contributed by atoms with van der Waals surface area (Å²) in [6.45, 7) is 7.65. The first-order chi connectivity index (χ1) is 12.5. The van der Waals surface area contributed by atoms with Crippen LogP contribution in [0.4, 0.5) is 0 Å². The molecule has 1 saturated heterocycles. The van der Waals surface area contributed by atoms with Crippen LogP contribution in [0.15, 0.2) is 43.0 Å². The maximum Gasteiger partial charge on any atom is 0.256 e. The number of likely N-dealkylation sites (N-methyl/N-ethyl adjacent to an activating group) is 1. The van der Waals surface area contributed by atoms with Crippen molar-refractivity contribution in [1.82, 2.24) is 23.8 Å². The summed E-state index contributed by atoms with van der Waals surface area (Å²) in [5.74, 6) is 0.108. The van der Waals surface area contributed by atoms with Crippen LogP contribution in [0.1, 0.15) is 30.2 Å². The van der Waals surface area contributed by atoms with Gasteiger partial charge in [0.15, 0.2) is 0 Å². The predicted molar refractivity (Wildman–Crippen MR) is 102 cm³/mol. The zero-order chi connectivity index (χ0) is 18.3. The highest BCUT2D eigenvalue weighted by Gasteiger charge is 2.24. The first-order valence-electron chi connectivity index (χ1n) is 9.16. The second-order valence-electron chi connectivity index (χ2n) is 7.29. The number of rotatable bonds is 3. The van der Waals surface area contributed by atoms with E-state index in [4.69, 9.17) is 0 Å². The van der Waals surface area contributed by atoms with Gasteiger partial charge in [0.05, 0.1) is 23.1 Å². The number of amides is 1.